The zero-order valence-corrected chi connectivity index (χ0v) is 13.7. The molecule has 20 heavy (non-hydrogen) atoms. The molecule has 4 atom stereocenters. The number of ketones is 1. The summed E-state index contributed by atoms with van der Waals surface area (Å²) in [4.78, 5) is 11.2. The molecule has 0 aliphatic heterocycles. The fourth-order valence-electron chi connectivity index (χ4n) is 0.943. The molecule has 0 aromatic rings. The molecule has 11 heteroatoms. The molecule has 0 fully saturated rings. The van der Waals surface area contributed by atoms with E-state index < -0.39 is 50.0 Å². The van der Waals surface area contributed by atoms with Crippen molar-refractivity contribution in [2.75, 3.05) is 26.4 Å². The Morgan fingerprint density at radius 1 is 1.15 bits per heavy atom. The molecule has 0 aromatic carbocycles. The normalized spacial score (nSPS) is 16.1. The maximum atomic E-state index is 11.2. The van der Waals surface area contributed by atoms with E-state index in [0.717, 1.165) is 0 Å². The van der Waals surface area contributed by atoms with Crippen molar-refractivity contribution in [2.24, 2.45) is 0 Å². The van der Waals surface area contributed by atoms with Crippen LogP contribution in [0.3, 0.4) is 0 Å². The number of hydrogen-bond donors (Lipinski definition) is 6. The van der Waals surface area contributed by atoms with Gasteiger partial charge in [-0.1, -0.05) is 0 Å². The van der Waals surface area contributed by atoms with Crippen molar-refractivity contribution in [3.05, 3.63) is 0 Å². The van der Waals surface area contributed by atoms with Crippen LogP contribution in [0.2, 0.25) is 0 Å². The standard InChI is InChI=1S/C9H18O8.ClH.Na.H2O/c10-1-5(12)3-17-4-7(14)9(16)8(15)6(13)2-11;;;/h5-6,8-13,15-16H,1-4H2;1H;;1H2/q;;+1;/p-1/t5?,6-,8-,9-;;;/m1.../s1/i/hD. The second kappa shape index (κ2) is 16.0. The van der Waals surface area contributed by atoms with Gasteiger partial charge in [-0.15, -0.1) is 0 Å². The largest absolute Gasteiger partial charge is 1.00 e. The van der Waals surface area contributed by atoms with Crippen LogP contribution in [-0.4, -0.2) is 92.7 Å². The monoisotopic (exact) mass is 331 g/mol. The average Bonchev–Trinajstić information content (AvgIpc) is 2.46. The summed E-state index contributed by atoms with van der Waals surface area (Å²) in [6.07, 6.45) is -6.45. The third kappa shape index (κ3) is 11.3. The topological polar surface area (TPSA) is 179 Å². The van der Waals surface area contributed by atoms with E-state index >= 15 is 0 Å². The molecule has 0 heterocycles. The van der Waals surface area contributed by atoms with E-state index in [1.165, 1.54) is 0 Å². The SMILES string of the molecule is O=C(COCC(O)CO)[C@@H](O)[C@H](O)[C@H](O)CO.[2H]O.[Cl-].[Na+]. The third-order valence-electron chi connectivity index (χ3n) is 2.00. The molecule has 0 aliphatic rings. The van der Waals surface area contributed by atoms with Crippen LogP contribution in [0.1, 0.15) is 1.43 Å². The first-order valence-corrected chi connectivity index (χ1v) is 4.98. The molecule has 0 bridgehead atoms. The predicted octanol–water partition coefficient (Wildman–Crippen LogP) is -10.8. The van der Waals surface area contributed by atoms with Crippen LogP contribution < -0.4 is 42.0 Å². The Balaban J connectivity index is -0.000000344. The fourth-order valence-corrected chi connectivity index (χ4v) is 0.943. The van der Waals surface area contributed by atoms with Gasteiger partial charge in [0.25, 0.3) is 0 Å². The fraction of sp³-hybridized carbons (Fsp3) is 0.889. The number of rotatable bonds is 9. The second-order valence-electron chi connectivity index (χ2n) is 3.50. The summed E-state index contributed by atoms with van der Waals surface area (Å²) < 4.78 is 9.41. The van der Waals surface area contributed by atoms with Crippen LogP contribution in [0.5, 0.6) is 0 Å². The van der Waals surface area contributed by atoms with Gasteiger partial charge in [-0.2, -0.15) is 0 Å². The molecule has 0 saturated heterocycles. The van der Waals surface area contributed by atoms with Gasteiger partial charge in [-0.3, -0.25) is 4.79 Å². The minimum atomic E-state index is -1.89. The van der Waals surface area contributed by atoms with Crippen LogP contribution in [-0.2, 0) is 9.53 Å². The van der Waals surface area contributed by atoms with Crippen molar-refractivity contribution in [3.63, 3.8) is 0 Å². The number of carbonyl (C=O) groups is 1. The summed E-state index contributed by atoms with van der Waals surface area (Å²) >= 11 is 0. The van der Waals surface area contributed by atoms with E-state index in [0.29, 0.717) is 0 Å². The van der Waals surface area contributed by atoms with Crippen LogP contribution in [0.25, 0.3) is 0 Å². The molecule has 9 nitrogen and oxygen atoms in total. The molecule has 0 amide bonds. The van der Waals surface area contributed by atoms with E-state index in [1.54, 1.807) is 0 Å². The van der Waals surface area contributed by atoms with Crippen molar-refractivity contribution in [1.82, 2.24) is 0 Å². The van der Waals surface area contributed by atoms with Crippen molar-refractivity contribution in [3.8, 4) is 0 Å². The first-order chi connectivity index (χ1) is 8.93. The minimum Gasteiger partial charge on any atom is -1.00 e. The molecule has 1 unspecified atom stereocenters. The molecule has 0 aromatic heterocycles. The summed E-state index contributed by atoms with van der Waals surface area (Å²) in [5, 5.41) is 53.2. The van der Waals surface area contributed by atoms with E-state index in [9.17, 15) is 15.0 Å². The maximum absolute atomic E-state index is 11.2. The number of hydrogen-bond acceptors (Lipinski definition) is 8. The smallest absolute Gasteiger partial charge is 1.00 e. The van der Waals surface area contributed by atoms with Gasteiger partial charge in [0, 0.05) is 0 Å². The van der Waals surface area contributed by atoms with Gasteiger partial charge in [0.05, 0.1) is 19.8 Å². The van der Waals surface area contributed by atoms with E-state index in [2.05, 4.69) is 4.74 Å². The van der Waals surface area contributed by atoms with Crippen molar-refractivity contribution < 1.29 is 89.0 Å². The summed E-state index contributed by atoms with van der Waals surface area (Å²) in [6, 6.07) is 0. The molecule has 0 spiro atoms. The van der Waals surface area contributed by atoms with Gasteiger partial charge in [-0.05, 0) is 0 Å². The van der Waals surface area contributed by atoms with E-state index in [1.807, 2.05) is 0 Å². The number of carbonyl (C=O) groups excluding carboxylic acids is 1. The van der Waals surface area contributed by atoms with Crippen molar-refractivity contribution >= 4 is 5.78 Å². The maximum Gasteiger partial charge on any atom is 1.00 e. The van der Waals surface area contributed by atoms with Crippen LogP contribution in [0.4, 0.5) is 0 Å². The van der Waals surface area contributed by atoms with Crippen LogP contribution >= 0.6 is 0 Å². The predicted molar refractivity (Wildman–Crippen MR) is 57.6 cm³/mol. The van der Waals surface area contributed by atoms with Crippen LogP contribution in [0, 0.1) is 0 Å². The molecule has 118 valence electrons. The third-order valence-corrected chi connectivity index (χ3v) is 2.00. The second-order valence-corrected chi connectivity index (χ2v) is 3.50. The Morgan fingerprint density at radius 2 is 1.65 bits per heavy atom. The summed E-state index contributed by atoms with van der Waals surface area (Å²) in [7, 11) is 0. The summed E-state index contributed by atoms with van der Waals surface area (Å²) in [6.45, 7) is -2.21. The average molecular weight is 332 g/mol. The van der Waals surface area contributed by atoms with Crippen molar-refractivity contribution in [2.45, 2.75) is 24.4 Å². The zero-order chi connectivity index (χ0) is 15.4. The Bertz CT molecular complexity index is 239. The molecule has 0 rings (SSSR count). The van der Waals surface area contributed by atoms with Gasteiger partial charge in [0.15, 0.2) is 5.78 Å². The molecule has 0 saturated carbocycles. The number of aliphatic hydroxyl groups is 6. The van der Waals surface area contributed by atoms with Crippen molar-refractivity contribution in [1.29, 1.82) is 0 Å². The Kier molecular flexibility index (Phi) is 20.5. The Labute approximate surface area is 145 Å². The quantitative estimate of drug-likeness (QED) is 0.225. The van der Waals surface area contributed by atoms with Gasteiger partial charge in [0.1, 0.15) is 31.0 Å². The summed E-state index contributed by atoms with van der Waals surface area (Å²) in [5.41, 5.74) is 6.25. The van der Waals surface area contributed by atoms with Gasteiger partial charge >= 0.3 is 29.6 Å². The Hall–Kier alpha value is 0.640. The molecular formula is C9H20ClNaO9. The number of aliphatic hydroxyl groups excluding tert-OH is 6. The molecule has 8 N–H and O–H groups in total. The van der Waals surface area contributed by atoms with Gasteiger partial charge in [-0.25, -0.2) is 0 Å². The van der Waals surface area contributed by atoms with Gasteiger partial charge in [0.2, 0.25) is 1.43 Å². The zero-order valence-electron chi connectivity index (χ0n) is 12.0. The first kappa shape index (κ1) is 25.6. The van der Waals surface area contributed by atoms with E-state index in [-0.39, 0.29) is 48.6 Å². The Morgan fingerprint density at radius 3 is 2.05 bits per heavy atom. The van der Waals surface area contributed by atoms with Crippen LogP contribution in [0.15, 0.2) is 0 Å². The molecule has 0 aliphatic carbocycles. The summed E-state index contributed by atoms with van der Waals surface area (Å²) in [5.74, 6) is -0.907. The number of ether oxygens (including phenoxy) is 1. The van der Waals surface area contributed by atoms with Gasteiger partial charge < -0.3 is 53.3 Å². The number of Topliss-reactive ketones (excluding diaryl/α,β-unsaturated/α-hetero) is 1. The van der Waals surface area contributed by atoms with E-state index in [4.69, 9.17) is 27.3 Å². The molecular weight excluding hydrogens is 311 g/mol. The molecule has 0 radical (unpaired) electrons. The number of halogens is 1. The minimum absolute atomic E-state index is 0. The first-order valence-electron chi connectivity index (χ1n) is 5.43.